The van der Waals surface area contributed by atoms with Gasteiger partial charge in [-0.1, -0.05) is 32.6 Å². The van der Waals surface area contributed by atoms with Gasteiger partial charge < -0.3 is 10.2 Å². The van der Waals surface area contributed by atoms with E-state index in [1.165, 1.54) is 0 Å². The number of ketones is 2. The number of aliphatic carboxylic acids is 1. The number of rotatable bonds is 14. The van der Waals surface area contributed by atoms with E-state index in [1.54, 1.807) is 6.92 Å². The molecule has 0 heterocycles. The van der Waals surface area contributed by atoms with Gasteiger partial charge in [0.15, 0.2) is 0 Å². The fraction of sp³-hybridized carbons (Fsp3) is 0.850. The van der Waals surface area contributed by atoms with Crippen molar-refractivity contribution in [3.63, 3.8) is 0 Å². The van der Waals surface area contributed by atoms with Crippen molar-refractivity contribution in [3.8, 4) is 0 Å². The average Bonchev–Trinajstić information content (AvgIpc) is 2.86. The minimum atomic E-state index is -3.33. The van der Waals surface area contributed by atoms with Crippen LogP contribution in [0.4, 0.5) is 8.78 Å². The molecule has 156 valence electrons. The van der Waals surface area contributed by atoms with E-state index in [2.05, 4.69) is 0 Å². The monoisotopic (exact) mass is 390 g/mol. The van der Waals surface area contributed by atoms with Crippen LogP contribution in [-0.2, 0) is 14.4 Å². The smallest absolute Gasteiger partial charge is 0.305 e. The zero-order valence-corrected chi connectivity index (χ0v) is 16.1. The molecular formula is C20H32F2O5. The molecular weight excluding hydrogens is 358 g/mol. The first-order chi connectivity index (χ1) is 12.7. The van der Waals surface area contributed by atoms with Crippen LogP contribution in [0.3, 0.4) is 0 Å². The molecule has 1 rings (SSSR count). The van der Waals surface area contributed by atoms with E-state index in [9.17, 15) is 28.3 Å². The standard InChI is InChI=1S/C20H32F2O5/c1-2-3-12-20(21,22)18(25)11-10-15-14(16(23)13-17(15)24)8-6-4-5-7-9-19(26)27/h14-15,17,24H,2-13H2,1H3,(H,26,27)/t14-,15-,17-/m0/s1. The van der Waals surface area contributed by atoms with Crippen molar-refractivity contribution in [2.45, 2.75) is 96.0 Å². The number of hydrogen-bond donors (Lipinski definition) is 2. The van der Waals surface area contributed by atoms with Gasteiger partial charge >= 0.3 is 11.9 Å². The van der Waals surface area contributed by atoms with Crippen molar-refractivity contribution < 1.29 is 33.4 Å². The first kappa shape index (κ1) is 23.7. The molecule has 0 spiro atoms. The van der Waals surface area contributed by atoms with Crippen molar-refractivity contribution in [2.24, 2.45) is 11.8 Å². The van der Waals surface area contributed by atoms with Gasteiger partial charge in [0.1, 0.15) is 5.78 Å². The van der Waals surface area contributed by atoms with Crippen LogP contribution >= 0.6 is 0 Å². The molecule has 1 aliphatic carbocycles. The number of aliphatic hydroxyl groups excluding tert-OH is 1. The molecule has 1 aliphatic rings. The Balaban J connectivity index is 2.45. The van der Waals surface area contributed by atoms with E-state index in [1.807, 2.05) is 0 Å². The molecule has 2 N–H and O–H groups in total. The van der Waals surface area contributed by atoms with Gasteiger partial charge in [-0.15, -0.1) is 0 Å². The Morgan fingerprint density at radius 3 is 2.37 bits per heavy atom. The highest BCUT2D eigenvalue weighted by Gasteiger charge is 2.43. The number of carboxylic acids is 1. The number of alkyl halides is 2. The summed E-state index contributed by atoms with van der Waals surface area (Å²) in [6, 6.07) is 0. The van der Waals surface area contributed by atoms with Crippen LogP contribution in [0.2, 0.25) is 0 Å². The molecule has 1 saturated carbocycles. The summed E-state index contributed by atoms with van der Waals surface area (Å²) in [6.45, 7) is 1.79. The number of carbonyl (C=O) groups is 3. The predicted molar refractivity (Wildman–Crippen MR) is 96.7 cm³/mol. The van der Waals surface area contributed by atoms with Gasteiger partial charge in [-0.25, -0.2) is 0 Å². The highest BCUT2D eigenvalue weighted by molar-refractivity contribution is 5.86. The number of aliphatic hydroxyl groups is 1. The van der Waals surface area contributed by atoms with Gasteiger partial charge in [0.2, 0.25) is 5.78 Å². The number of unbranched alkanes of at least 4 members (excludes halogenated alkanes) is 4. The lowest BCUT2D eigenvalue weighted by Crippen LogP contribution is -2.30. The Bertz CT molecular complexity index is 507. The molecule has 0 aromatic rings. The van der Waals surface area contributed by atoms with Crippen LogP contribution in [0.15, 0.2) is 0 Å². The molecule has 0 saturated heterocycles. The van der Waals surface area contributed by atoms with Crippen LogP contribution in [0.5, 0.6) is 0 Å². The first-order valence-corrected chi connectivity index (χ1v) is 10.0. The van der Waals surface area contributed by atoms with Gasteiger partial charge in [0, 0.05) is 31.6 Å². The second-order valence-corrected chi connectivity index (χ2v) is 7.62. The number of Topliss-reactive ketones (excluding diaryl/α,β-unsaturated/α-hetero) is 2. The summed E-state index contributed by atoms with van der Waals surface area (Å²) in [6.07, 6.45) is 2.89. The number of halogens is 2. The molecule has 7 heteroatoms. The maximum Gasteiger partial charge on any atom is 0.305 e. The quantitative estimate of drug-likeness (QED) is 0.435. The van der Waals surface area contributed by atoms with Crippen LogP contribution in [-0.4, -0.2) is 39.8 Å². The van der Waals surface area contributed by atoms with Crippen molar-refractivity contribution in [1.82, 2.24) is 0 Å². The van der Waals surface area contributed by atoms with Crippen molar-refractivity contribution in [3.05, 3.63) is 0 Å². The molecule has 1 fully saturated rings. The first-order valence-electron chi connectivity index (χ1n) is 10.0. The fourth-order valence-corrected chi connectivity index (χ4v) is 3.80. The third-order valence-corrected chi connectivity index (χ3v) is 5.45. The Morgan fingerprint density at radius 2 is 1.74 bits per heavy atom. The molecule has 3 atom stereocenters. The molecule has 27 heavy (non-hydrogen) atoms. The summed E-state index contributed by atoms with van der Waals surface area (Å²) >= 11 is 0. The molecule has 5 nitrogen and oxygen atoms in total. The molecule has 0 aromatic carbocycles. The largest absolute Gasteiger partial charge is 0.481 e. The third-order valence-electron chi connectivity index (χ3n) is 5.45. The number of carbonyl (C=O) groups excluding carboxylic acids is 2. The molecule has 0 aliphatic heterocycles. The van der Waals surface area contributed by atoms with Gasteiger partial charge in [-0.05, 0) is 31.6 Å². The van der Waals surface area contributed by atoms with Gasteiger partial charge in [0.05, 0.1) is 6.10 Å². The zero-order chi connectivity index (χ0) is 20.4. The van der Waals surface area contributed by atoms with E-state index >= 15 is 0 Å². The summed E-state index contributed by atoms with van der Waals surface area (Å²) in [7, 11) is 0. The molecule has 0 amide bonds. The summed E-state index contributed by atoms with van der Waals surface area (Å²) in [4.78, 5) is 34.4. The van der Waals surface area contributed by atoms with Crippen LogP contribution < -0.4 is 0 Å². The molecule has 0 unspecified atom stereocenters. The summed E-state index contributed by atoms with van der Waals surface area (Å²) < 4.78 is 27.6. The number of carboxylic acid groups (broad SMARTS) is 1. The van der Waals surface area contributed by atoms with Gasteiger partial charge in [-0.3, -0.25) is 14.4 Å². The molecule has 0 bridgehead atoms. The Kier molecular flexibility index (Phi) is 10.1. The van der Waals surface area contributed by atoms with Gasteiger partial charge in [-0.2, -0.15) is 8.78 Å². The topological polar surface area (TPSA) is 91.7 Å². The van der Waals surface area contributed by atoms with Crippen LogP contribution in [0.25, 0.3) is 0 Å². The molecule has 0 aromatic heterocycles. The Hall–Kier alpha value is -1.37. The highest BCUT2D eigenvalue weighted by Crippen LogP contribution is 2.37. The molecule has 0 radical (unpaired) electrons. The van der Waals surface area contributed by atoms with Crippen molar-refractivity contribution in [1.29, 1.82) is 0 Å². The lowest BCUT2D eigenvalue weighted by Gasteiger charge is -2.22. The summed E-state index contributed by atoms with van der Waals surface area (Å²) in [5.41, 5.74) is 0. The summed E-state index contributed by atoms with van der Waals surface area (Å²) in [5, 5.41) is 18.7. The van der Waals surface area contributed by atoms with Crippen LogP contribution in [0.1, 0.15) is 84.0 Å². The Morgan fingerprint density at radius 1 is 1.07 bits per heavy atom. The van der Waals surface area contributed by atoms with Gasteiger partial charge in [0.25, 0.3) is 0 Å². The fourth-order valence-electron chi connectivity index (χ4n) is 3.80. The SMILES string of the molecule is CCCCC(F)(F)C(=O)CC[C@H]1[C@H](CCCCCCC(=O)O)C(=O)C[C@@H]1O. The van der Waals surface area contributed by atoms with Crippen LogP contribution in [0, 0.1) is 11.8 Å². The Labute approximate surface area is 159 Å². The lowest BCUT2D eigenvalue weighted by molar-refractivity contribution is -0.144. The summed E-state index contributed by atoms with van der Waals surface area (Å²) in [5.74, 6) is -6.16. The second kappa shape index (κ2) is 11.5. The van der Waals surface area contributed by atoms with E-state index < -0.39 is 42.0 Å². The van der Waals surface area contributed by atoms with E-state index in [0.29, 0.717) is 19.3 Å². The average molecular weight is 390 g/mol. The maximum absolute atomic E-state index is 13.8. The number of hydrogen-bond acceptors (Lipinski definition) is 4. The predicted octanol–water partition coefficient (Wildman–Crippen LogP) is 4.15. The minimum Gasteiger partial charge on any atom is -0.481 e. The van der Waals surface area contributed by atoms with E-state index in [0.717, 1.165) is 19.3 Å². The lowest BCUT2D eigenvalue weighted by atomic mass is 9.85. The van der Waals surface area contributed by atoms with Crippen molar-refractivity contribution >= 4 is 17.5 Å². The maximum atomic E-state index is 13.8. The van der Waals surface area contributed by atoms with E-state index in [4.69, 9.17) is 5.11 Å². The highest BCUT2D eigenvalue weighted by atomic mass is 19.3. The normalized spacial score (nSPS) is 23.0. The zero-order valence-electron chi connectivity index (χ0n) is 16.1. The van der Waals surface area contributed by atoms with E-state index in [-0.39, 0.29) is 37.9 Å². The second-order valence-electron chi connectivity index (χ2n) is 7.62. The van der Waals surface area contributed by atoms with Crippen molar-refractivity contribution in [2.75, 3.05) is 0 Å². The third kappa shape index (κ3) is 8.03. The minimum absolute atomic E-state index is 0.0226.